The Morgan fingerprint density at radius 2 is 1.78 bits per heavy atom. The fourth-order valence-electron chi connectivity index (χ4n) is 7.01. The Hall–Kier alpha value is -3.09. The van der Waals surface area contributed by atoms with Crippen LogP contribution in [0, 0.1) is 17.8 Å². The lowest BCUT2D eigenvalue weighted by Gasteiger charge is -2.50. The van der Waals surface area contributed by atoms with Crippen molar-refractivity contribution in [1.29, 1.82) is 0 Å². The first-order valence-corrected chi connectivity index (χ1v) is 17.3. The fourth-order valence-corrected chi connectivity index (χ4v) is 7.01. The molecule has 0 radical (unpaired) electrons. The summed E-state index contributed by atoms with van der Waals surface area (Å²) in [5.41, 5.74) is -1.65. The highest BCUT2D eigenvalue weighted by atomic mass is 16.8. The fraction of sp³-hybridized carbons (Fsp3) is 0.658. The van der Waals surface area contributed by atoms with Crippen LogP contribution in [0.2, 0.25) is 0 Å². The van der Waals surface area contributed by atoms with Crippen LogP contribution in [-0.2, 0) is 49.2 Å². The lowest BCUT2D eigenvalue weighted by atomic mass is 9.86. The number of aliphatic hydroxyl groups excluding tert-OH is 2. The minimum absolute atomic E-state index is 0.00262. The predicted octanol–water partition coefficient (Wildman–Crippen LogP) is 4.96. The second-order valence-electron chi connectivity index (χ2n) is 15.0. The Labute approximate surface area is 289 Å². The first-order valence-electron chi connectivity index (χ1n) is 17.3. The molecule has 2 N–H and O–H groups in total. The van der Waals surface area contributed by atoms with Gasteiger partial charge in [-0.05, 0) is 63.0 Å². The molecule has 0 amide bonds. The molecule has 3 aliphatic rings. The zero-order chi connectivity index (χ0) is 36.3. The summed E-state index contributed by atoms with van der Waals surface area (Å²) >= 11 is 0. The molecular formula is C38H54O11. The highest BCUT2D eigenvalue weighted by Gasteiger charge is 2.81. The number of allylic oxidation sites excluding steroid dienone is 1. The van der Waals surface area contributed by atoms with Crippen LogP contribution in [0.25, 0.3) is 0 Å². The first kappa shape index (κ1) is 38.7. The Kier molecular flexibility index (Phi) is 12.2. The van der Waals surface area contributed by atoms with E-state index in [1.807, 2.05) is 44.2 Å². The average Bonchev–Trinajstić information content (AvgIpc) is 3.22. The second-order valence-corrected chi connectivity index (χ2v) is 15.0. The van der Waals surface area contributed by atoms with Crippen LogP contribution in [0.5, 0.6) is 0 Å². The average molecular weight is 687 g/mol. The summed E-state index contributed by atoms with van der Waals surface area (Å²) < 4.78 is 36.0. The molecule has 1 aromatic carbocycles. The minimum Gasteiger partial charge on any atom is -0.458 e. The molecule has 3 saturated heterocycles. The van der Waals surface area contributed by atoms with E-state index in [1.54, 1.807) is 26.8 Å². The van der Waals surface area contributed by atoms with Gasteiger partial charge in [-0.2, -0.15) is 0 Å². The Morgan fingerprint density at radius 3 is 2.39 bits per heavy atom. The number of esters is 3. The van der Waals surface area contributed by atoms with Crippen LogP contribution in [-0.4, -0.2) is 81.9 Å². The molecule has 11 nitrogen and oxygen atoms in total. The minimum atomic E-state index is -2.28. The maximum atomic E-state index is 14.0. The van der Waals surface area contributed by atoms with Crippen molar-refractivity contribution in [3.05, 3.63) is 60.2 Å². The molecule has 4 rings (SSSR count). The summed E-state index contributed by atoms with van der Waals surface area (Å²) in [6, 6.07) is 9.80. The summed E-state index contributed by atoms with van der Waals surface area (Å²) in [6.45, 7) is 18.8. The van der Waals surface area contributed by atoms with E-state index in [2.05, 4.69) is 20.4 Å². The second kappa shape index (κ2) is 15.4. The molecule has 0 saturated carbocycles. The molecule has 3 fully saturated rings. The zero-order valence-electron chi connectivity index (χ0n) is 30.0. The van der Waals surface area contributed by atoms with Gasteiger partial charge in [0.2, 0.25) is 11.4 Å². The van der Waals surface area contributed by atoms with Crippen LogP contribution in [0.3, 0.4) is 0 Å². The van der Waals surface area contributed by atoms with Crippen molar-refractivity contribution in [1.82, 2.24) is 0 Å². The number of hydrogen-bond acceptors (Lipinski definition) is 11. The van der Waals surface area contributed by atoms with Crippen molar-refractivity contribution >= 4 is 17.9 Å². The lowest BCUT2D eigenvalue weighted by Crippen LogP contribution is -2.69. The van der Waals surface area contributed by atoms with Crippen molar-refractivity contribution in [2.75, 3.05) is 0 Å². The van der Waals surface area contributed by atoms with E-state index in [9.17, 15) is 24.6 Å². The zero-order valence-corrected chi connectivity index (χ0v) is 30.0. The summed E-state index contributed by atoms with van der Waals surface area (Å²) in [7, 11) is 0. The maximum absolute atomic E-state index is 14.0. The van der Waals surface area contributed by atoms with Gasteiger partial charge in [-0.25, -0.2) is 9.59 Å². The summed E-state index contributed by atoms with van der Waals surface area (Å²) in [5, 5.41) is 22.5. The summed E-state index contributed by atoms with van der Waals surface area (Å²) in [4.78, 5) is 39.5. The molecule has 272 valence electrons. The van der Waals surface area contributed by atoms with Gasteiger partial charge in [0.25, 0.3) is 0 Å². The Bertz CT molecular complexity index is 1370. The van der Waals surface area contributed by atoms with Gasteiger partial charge in [0.1, 0.15) is 23.9 Å². The van der Waals surface area contributed by atoms with Crippen LogP contribution < -0.4 is 0 Å². The Balaban J connectivity index is 1.64. The number of fused-ring (bicyclic) bond motifs is 2. The van der Waals surface area contributed by atoms with Gasteiger partial charge in [0, 0.05) is 25.3 Å². The van der Waals surface area contributed by atoms with Gasteiger partial charge >= 0.3 is 17.9 Å². The molecular weight excluding hydrogens is 632 g/mol. The van der Waals surface area contributed by atoms with Crippen molar-refractivity contribution in [2.45, 2.75) is 141 Å². The van der Waals surface area contributed by atoms with Crippen LogP contribution in [0.4, 0.5) is 0 Å². The highest BCUT2D eigenvalue weighted by Crippen LogP contribution is 2.56. The van der Waals surface area contributed by atoms with E-state index >= 15 is 0 Å². The molecule has 3 aliphatic heterocycles. The SMILES string of the molecule is C=C(CC[C@@]12O[C@H]3C(O)O[C@@H]1[C@@H](OC(=O)/C=C/C(C)CC(C)CC)[C@@](C(=O)OC(C)(C)C)(O2)[C@H]3O)C(OC(C)=O)C(C)Cc1ccccc1. The molecule has 0 spiro atoms. The topological polar surface area (TPSA) is 147 Å². The summed E-state index contributed by atoms with van der Waals surface area (Å²) in [5.74, 6) is -3.59. The van der Waals surface area contributed by atoms with Crippen molar-refractivity contribution < 1.29 is 53.0 Å². The molecule has 11 atom stereocenters. The predicted molar refractivity (Wildman–Crippen MR) is 180 cm³/mol. The first-order chi connectivity index (χ1) is 22.9. The van der Waals surface area contributed by atoms with Gasteiger partial charge in [0.15, 0.2) is 18.5 Å². The standard InChI is InChI=1S/C38H54O11/c1-10-22(2)20-23(3)16-17-28(40)45-33-32-37(19-18-24(4)29(44-26(6)39)25(5)21-27-14-12-11-13-15-27)47-30(34(42)46-32)31(41)38(33,49-37)35(43)48-36(7,8)9/h11-17,22-23,25,29-34,41-42H,4,10,18-21H2,1-3,5-9H3/b17-16+/t22?,23?,25?,29?,30-,31+,32-,33-,34?,37+,38+/m1/s1. The van der Waals surface area contributed by atoms with Crippen molar-refractivity contribution in [3.8, 4) is 0 Å². The van der Waals surface area contributed by atoms with Gasteiger partial charge in [-0.3, -0.25) is 4.79 Å². The van der Waals surface area contributed by atoms with Crippen molar-refractivity contribution in [3.63, 3.8) is 0 Å². The van der Waals surface area contributed by atoms with Gasteiger partial charge in [-0.1, -0.05) is 77.1 Å². The highest BCUT2D eigenvalue weighted by molar-refractivity contribution is 5.86. The van der Waals surface area contributed by atoms with E-state index in [1.165, 1.54) is 13.0 Å². The lowest BCUT2D eigenvalue weighted by molar-refractivity contribution is -0.426. The summed E-state index contributed by atoms with van der Waals surface area (Å²) in [6.07, 6.45) is -2.75. The van der Waals surface area contributed by atoms with Crippen LogP contribution >= 0.6 is 0 Å². The number of carbonyl (C=O) groups is 3. The number of aliphatic hydroxyl groups is 2. The van der Waals surface area contributed by atoms with Gasteiger partial charge in [-0.15, -0.1) is 0 Å². The number of carbonyl (C=O) groups excluding carboxylic acids is 3. The maximum Gasteiger partial charge on any atom is 0.346 e. The largest absolute Gasteiger partial charge is 0.458 e. The van der Waals surface area contributed by atoms with E-state index < -0.39 is 71.7 Å². The molecule has 49 heavy (non-hydrogen) atoms. The molecule has 0 aliphatic carbocycles. The van der Waals surface area contributed by atoms with Gasteiger partial charge in [0.05, 0.1) is 0 Å². The smallest absolute Gasteiger partial charge is 0.346 e. The van der Waals surface area contributed by atoms with E-state index in [0.717, 1.165) is 18.4 Å². The number of rotatable bonds is 15. The molecule has 1 aromatic rings. The number of benzene rings is 1. The molecule has 11 heteroatoms. The van der Waals surface area contributed by atoms with E-state index in [-0.39, 0.29) is 24.7 Å². The molecule has 0 aromatic heterocycles. The molecule has 5 unspecified atom stereocenters. The van der Waals surface area contributed by atoms with Crippen molar-refractivity contribution in [2.24, 2.45) is 17.8 Å². The number of hydrogen-bond donors (Lipinski definition) is 2. The monoisotopic (exact) mass is 686 g/mol. The normalized spacial score (nSPS) is 31.5. The third-order valence-corrected chi connectivity index (χ3v) is 9.53. The van der Waals surface area contributed by atoms with Gasteiger partial charge < -0.3 is 38.6 Å². The van der Waals surface area contributed by atoms with E-state index in [4.69, 9.17) is 28.4 Å². The number of ether oxygens (including phenoxy) is 6. The quantitative estimate of drug-likeness (QED) is 0.112. The third-order valence-electron chi connectivity index (χ3n) is 9.53. The Morgan fingerprint density at radius 1 is 1.10 bits per heavy atom. The van der Waals surface area contributed by atoms with E-state index in [0.29, 0.717) is 17.9 Å². The van der Waals surface area contributed by atoms with Crippen LogP contribution in [0.15, 0.2) is 54.6 Å². The molecule has 3 bridgehead atoms. The third kappa shape index (κ3) is 8.63. The molecule has 3 heterocycles. The van der Waals surface area contributed by atoms with Crippen LogP contribution in [0.1, 0.15) is 86.6 Å².